The van der Waals surface area contributed by atoms with Crippen LogP contribution >= 0.6 is 0 Å². The molecule has 3 aliphatic heterocycles. The Morgan fingerprint density at radius 2 is 1.04 bits per heavy atom. The minimum Gasteiger partial charge on any atom is -0.504 e. The average molecular weight is 957 g/mol. The highest BCUT2D eigenvalue weighted by atomic mass is 16.7. The van der Waals surface area contributed by atoms with Gasteiger partial charge in [-0.3, -0.25) is 9.59 Å². The Kier molecular flexibility index (Phi) is 12.2. The number of carboxylic acids is 1. The van der Waals surface area contributed by atoms with Crippen molar-refractivity contribution in [2.45, 2.75) is 49.1 Å². The van der Waals surface area contributed by atoms with Crippen molar-refractivity contribution in [2.24, 2.45) is 5.92 Å². The van der Waals surface area contributed by atoms with Crippen LogP contribution in [0.2, 0.25) is 0 Å². The molecule has 68 heavy (non-hydrogen) atoms. The number of hydrogen-bond donors (Lipinski definition) is 13. The van der Waals surface area contributed by atoms with Crippen molar-refractivity contribution in [2.75, 3.05) is 6.61 Å². The molecule has 4 aromatic carbocycles. The average Bonchev–Trinajstić information content (AvgIpc) is 3.28. The third kappa shape index (κ3) is 8.58. The van der Waals surface area contributed by atoms with Gasteiger partial charge in [0.25, 0.3) is 0 Å². The first-order chi connectivity index (χ1) is 32.0. The van der Waals surface area contributed by atoms with Gasteiger partial charge in [0.1, 0.15) is 12.7 Å². The molecule has 8 atom stereocenters. The summed E-state index contributed by atoms with van der Waals surface area (Å²) in [4.78, 5) is 95.4. The van der Waals surface area contributed by atoms with Gasteiger partial charge in [0.2, 0.25) is 18.1 Å². The quantitative estimate of drug-likeness (QED) is 0.0455. The standard InChI is InChI=1S/C41H32O27/c42-15-1-10(2-16(43)26(15)51)35(56)62-9-22-31-33(66-36(57)11-3-17(44)27(52)18(45)4-11)34(41(63-22)68-37(58)12-5-19(46)28(53)20(47)6-12)67-38(59)13-7-21(48)29(54)32-25(13)24(30(55)40(61)65-32)14(8-23(49)50)39(60)64-31/h1-7,14,22,24,30-31,33-34,41-48,51-55H,8-9H2,(H,49,50)/t14-,22+,24-,30+,31+,33?,34+,41-/m0/s1. The van der Waals surface area contributed by atoms with Gasteiger partial charge in [0.15, 0.2) is 81.6 Å². The number of aliphatic hydroxyl groups is 1. The van der Waals surface area contributed by atoms with E-state index in [4.69, 9.17) is 33.2 Å². The summed E-state index contributed by atoms with van der Waals surface area (Å²) in [5.74, 6) is -29.8. The number of esters is 6. The molecule has 0 aliphatic carbocycles. The summed E-state index contributed by atoms with van der Waals surface area (Å²) in [5.41, 5.74) is -4.15. The summed E-state index contributed by atoms with van der Waals surface area (Å²) in [6, 6.07) is 3.84. The second-order valence-corrected chi connectivity index (χ2v) is 14.9. The van der Waals surface area contributed by atoms with Crippen LogP contribution in [0.1, 0.15) is 59.3 Å². The number of aromatic hydroxyl groups is 11. The fourth-order valence-corrected chi connectivity index (χ4v) is 7.37. The molecule has 3 aliphatic rings. The van der Waals surface area contributed by atoms with Gasteiger partial charge >= 0.3 is 41.8 Å². The Labute approximate surface area is 375 Å². The number of aliphatic hydroxyl groups excluding tert-OH is 1. The van der Waals surface area contributed by atoms with Gasteiger partial charge in [-0.2, -0.15) is 0 Å². The first kappa shape index (κ1) is 46.9. The second-order valence-electron chi connectivity index (χ2n) is 14.9. The van der Waals surface area contributed by atoms with Crippen LogP contribution in [0, 0.1) is 5.92 Å². The number of ether oxygens (including phenoxy) is 7. The van der Waals surface area contributed by atoms with Crippen LogP contribution in [0.5, 0.6) is 69.0 Å². The van der Waals surface area contributed by atoms with Crippen LogP contribution in [0.4, 0.5) is 0 Å². The number of aliphatic carboxylic acids is 1. The Hall–Kier alpha value is -9.11. The number of rotatable bonds is 9. The molecule has 0 radical (unpaired) electrons. The number of hydrogen-bond acceptors (Lipinski definition) is 26. The molecule has 0 amide bonds. The number of phenolic OH excluding ortho intramolecular Hbond substituents is 11. The smallest absolute Gasteiger partial charge is 0.341 e. The summed E-state index contributed by atoms with van der Waals surface area (Å²) in [6.07, 6.45) is -16.3. The lowest BCUT2D eigenvalue weighted by molar-refractivity contribution is -0.287. The lowest BCUT2D eigenvalue weighted by Gasteiger charge is -2.44. The molecule has 0 saturated carbocycles. The van der Waals surface area contributed by atoms with E-state index in [0.29, 0.717) is 42.5 Å². The fourth-order valence-electron chi connectivity index (χ4n) is 7.37. The Balaban J connectivity index is 1.44. The Morgan fingerprint density at radius 1 is 0.574 bits per heavy atom. The van der Waals surface area contributed by atoms with Gasteiger partial charge in [-0.05, 0) is 42.5 Å². The largest absolute Gasteiger partial charge is 0.504 e. The predicted molar refractivity (Wildman–Crippen MR) is 207 cm³/mol. The highest BCUT2D eigenvalue weighted by molar-refractivity contribution is 5.98. The van der Waals surface area contributed by atoms with Gasteiger partial charge < -0.3 is 99.5 Å². The van der Waals surface area contributed by atoms with E-state index in [1.807, 2.05) is 0 Å². The normalized spacial score (nSPS) is 23.0. The molecule has 27 nitrogen and oxygen atoms in total. The Morgan fingerprint density at radius 3 is 1.54 bits per heavy atom. The minimum absolute atomic E-state index is 0.449. The lowest BCUT2D eigenvalue weighted by Crippen LogP contribution is -2.63. The van der Waals surface area contributed by atoms with E-state index in [1.165, 1.54) is 0 Å². The highest BCUT2D eigenvalue weighted by Crippen LogP contribution is 2.51. The van der Waals surface area contributed by atoms with Crippen LogP contribution in [-0.2, 0) is 42.8 Å². The van der Waals surface area contributed by atoms with Crippen molar-refractivity contribution < 1.29 is 133 Å². The molecule has 358 valence electrons. The summed E-state index contributed by atoms with van der Waals surface area (Å²) in [6.45, 7) is -1.28. The number of benzene rings is 4. The van der Waals surface area contributed by atoms with E-state index in [1.54, 1.807) is 0 Å². The molecule has 0 spiro atoms. The van der Waals surface area contributed by atoms with Crippen LogP contribution < -0.4 is 4.74 Å². The number of carboxylic acid groups (broad SMARTS) is 1. The SMILES string of the molecule is O=C(O)C[C@@H]1C(=O)O[C@H]2C(OC(=O)c3cc(O)c(O)c(O)c3)[C@@H](OC(=O)c3cc(O)c(O)c4c3[C@H]1[C@@H](O)C(=O)O4)[C@H](OC(=O)c1cc(O)c(O)c(O)c1)O[C@@H]2COC(=O)c1cc(O)c(O)c(O)c1. The van der Waals surface area contributed by atoms with Crippen molar-refractivity contribution in [3.05, 3.63) is 70.3 Å². The summed E-state index contributed by atoms with van der Waals surface area (Å²) in [5, 5.41) is 133. The van der Waals surface area contributed by atoms with E-state index in [9.17, 15) is 99.9 Å². The highest BCUT2D eigenvalue weighted by Gasteiger charge is 2.57. The first-order valence-corrected chi connectivity index (χ1v) is 19.1. The maximum Gasteiger partial charge on any atom is 0.341 e. The van der Waals surface area contributed by atoms with Gasteiger partial charge in [-0.15, -0.1) is 0 Å². The second kappa shape index (κ2) is 17.7. The van der Waals surface area contributed by atoms with Crippen LogP contribution in [-0.4, -0.2) is 152 Å². The van der Waals surface area contributed by atoms with Crippen molar-refractivity contribution in [3.8, 4) is 69.0 Å². The summed E-state index contributed by atoms with van der Waals surface area (Å²) < 4.78 is 38.6. The summed E-state index contributed by atoms with van der Waals surface area (Å²) >= 11 is 0. The molecule has 27 heteroatoms. The molecule has 4 aromatic rings. The molecule has 2 bridgehead atoms. The predicted octanol–water partition coefficient (Wildman–Crippen LogP) is 0.0179. The van der Waals surface area contributed by atoms with Crippen molar-refractivity contribution in [3.63, 3.8) is 0 Å². The maximum absolute atomic E-state index is 14.5. The van der Waals surface area contributed by atoms with Gasteiger partial charge in [0.05, 0.1) is 34.6 Å². The van der Waals surface area contributed by atoms with Gasteiger partial charge in [-0.25, -0.2) is 24.0 Å². The third-order valence-corrected chi connectivity index (χ3v) is 10.6. The van der Waals surface area contributed by atoms with E-state index >= 15 is 0 Å². The molecule has 3 heterocycles. The molecule has 13 N–H and O–H groups in total. The Bertz CT molecular complexity index is 2750. The minimum atomic E-state index is -2.57. The number of carbonyl (C=O) groups is 7. The van der Waals surface area contributed by atoms with E-state index in [2.05, 4.69) is 0 Å². The van der Waals surface area contributed by atoms with E-state index in [-0.39, 0.29) is 0 Å². The third-order valence-electron chi connectivity index (χ3n) is 10.6. The zero-order valence-corrected chi connectivity index (χ0v) is 33.6. The lowest BCUT2D eigenvalue weighted by atomic mass is 9.76. The first-order valence-electron chi connectivity index (χ1n) is 19.1. The zero-order valence-electron chi connectivity index (χ0n) is 33.6. The monoisotopic (exact) mass is 956 g/mol. The van der Waals surface area contributed by atoms with Crippen LogP contribution in [0.15, 0.2) is 42.5 Å². The van der Waals surface area contributed by atoms with Gasteiger partial charge in [-0.1, -0.05) is 0 Å². The fraction of sp³-hybridized carbons (Fsp3) is 0.244. The topological polar surface area (TPSA) is 447 Å². The van der Waals surface area contributed by atoms with E-state index < -0.39 is 200 Å². The van der Waals surface area contributed by atoms with Crippen molar-refractivity contribution in [1.82, 2.24) is 0 Å². The van der Waals surface area contributed by atoms with Crippen LogP contribution in [0.3, 0.4) is 0 Å². The maximum atomic E-state index is 14.5. The number of phenols is 11. The zero-order chi connectivity index (χ0) is 49.8. The molecule has 7 rings (SSSR count). The van der Waals surface area contributed by atoms with Crippen LogP contribution in [0.25, 0.3) is 0 Å². The number of carbonyl (C=O) groups excluding carboxylic acids is 6. The molecular formula is C41H32O27. The van der Waals surface area contributed by atoms with E-state index in [0.717, 1.165) is 0 Å². The molecule has 1 unspecified atom stereocenters. The van der Waals surface area contributed by atoms with Crippen molar-refractivity contribution >= 4 is 41.8 Å². The number of fused-ring (bicyclic) bond motifs is 2. The molecular weight excluding hydrogens is 924 g/mol. The molecule has 0 aromatic heterocycles. The van der Waals surface area contributed by atoms with Gasteiger partial charge in [0, 0.05) is 11.5 Å². The molecule has 1 fully saturated rings. The molecule has 1 saturated heterocycles. The summed E-state index contributed by atoms with van der Waals surface area (Å²) in [7, 11) is 0. The van der Waals surface area contributed by atoms with Crippen molar-refractivity contribution in [1.29, 1.82) is 0 Å².